The van der Waals surface area contributed by atoms with E-state index in [0.29, 0.717) is 56.5 Å². The Hall–Kier alpha value is -4.40. The van der Waals surface area contributed by atoms with Gasteiger partial charge < -0.3 is 24.2 Å². The van der Waals surface area contributed by atoms with Crippen molar-refractivity contribution in [2.24, 2.45) is 0 Å². The molecular formula is C35H38N2O6. The molecule has 0 spiro atoms. The summed E-state index contributed by atoms with van der Waals surface area (Å²) in [6, 6.07) is 21.8. The van der Waals surface area contributed by atoms with Crippen LogP contribution in [0.15, 0.2) is 91.0 Å². The summed E-state index contributed by atoms with van der Waals surface area (Å²) in [5.41, 5.74) is 3.09. The van der Waals surface area contributed by atoms with Crippen LogP contribution in [-0.4, -0.2) is 72.6 Å². The van der Waals surface area contributed by atoms with Crippen LogP contribution in [0.5, 0.6) is 11.5 Å². The molecule has 2 aliphatic rings. The lowest BCUT2D eigenvalue weighted by Crippen LogP contribution is -2.38. The molecule has 0 radical (unpaired) electrons. The maximum Gasteiger partial charge on any atom is 0.295 e. The largest absolute Gasteiger partial charge is 0.507 e. The SMILES string of the molecule is C=CCOc1ccc(C(O)=C2C(=O)C(=O)N(CCCN3CCOCC3)C2c2ccc(OCc3ccccc3)cc2)cc1C. The number of hydrogen-bond acceptors (Lipinski definition) is 7. The number of nitrogens with zero attached hydrogens (tertiary/aromatic N) is 2. The first-order chi connectivity index (χ1) is 21.0. The highest BCUT2D eigenvalue weighted by atomic mass is 16.5. The molecule has 3 aromatic carbocycles. The summed E-state index contributed by atoms with van der Waals surface area (Å²) in [5.74, 6) is -0.185. The fourth-order valence-electron chi connectivity index (χ4n) is 5.50. The maximum atomic E-state index is 13.5. The van der Waals surface area contributed by atoms with Crippen molar-refractivity contribution < 1.29 is 28.9 Å². The molecule has 2 aliphatic heterocycles. The lowest BCUT2D eigenvalue weighted by atomic mass is 9.94. The number of carbonyl (C=O) groups is 2. The maximum absolute atomic E-state index is 13.5. The second-order valence-electron chi connectivity index (χ2n) is 10.7. The normalized spacial score (nSPS) is 18.5. The first-order valence-corrected chi connectivity index (χ1v) is 14.7. The minimum atomic E-state index is -0.732. The Morgan fingerprint density at radius 2 is 1.74 bits per heavy atom. The molecule has 2 heterocycles. The van der Waals surface area contributed by atoms with Crippen LogP contribution >= 0.6 is 0 Å². The van der Waals surface area contributed by atoms with E-state index in [1.165, 1.54) is 0 Å². The number of rotatable bonds is 12. The minimum Gasteiger partial charge on any atom is -0.507 e. The third-order valence-electron chi connectivity index (χ3n) is 7.77. The molecule has 2 fully saturated rings. The average Bonchev–Trinajstić information content (AvgIpc) is 3.29. The summed E-state index contributed by atoms with van der Waals surface area (Å²) < 4.78 is 17.1. The summed E-state index contributed by atoms with van der Waals surface area (Å²) in [5, 5.41) is 11.5. The second kappa shape index (κ2) is 14.2. The number of aliphatic hydroxyl groups excluding tert-OH is 1. The second-order valence-corrected chi connectivity index (χ2v) is 10.7. The molecule has 1 N–H and O–H groups in total. The lowest BCUT2D eigenvalue weighted by Gasteiger charge is -2.29. The van der Waals surface area contributed by atoms with Gasteiger partial charge in [-0.25, -0.2) is 0 Å². The Morgan fingerprint density at radius 1 is 1.00 bits per heavy atom. The number of aliphatic hydroxyl groups is 1. The van der Waals surface area contributed by atoms with Crippen molar-refractivity contribution in [3.63, 3.8) is 0 Å². The van der Waals surface area contributed by atoms with Crippen LogP contribution in [0.1, 0.15) is 34.7 Å². The number of amides is 1. The van der Waals surface area contributed by atoms with E-state index in [9.17, 15) is 14.7 Å². The Kier molecular flexibility index (Phi) is 9.92. The predicted molar refractivity (Wildman–Crippen MR) is 165 cm³/mol. The first-order valence-electron chi connectivity index (χ1n) is 14.7. The van der Waals surface area contributed by atoms with E-state index in [0.717, 1.165) is 36.3 Å². The van der Waals surface area contributed by atoms with Crippen LogP contribution in [0.25, 0.3) is 5.76 Å². The van der Waals surface area contributed by atoms with Crippen molar-refractivity contribution in [2.75, 3.05) is 46.0 Å². The standard InChI is InChI=1S/C35H38N2O6/c1-3-20-42-30-15-12-28(23-25(30)2)33(38)31-32(27-10-13-29(14-11-27)43-24-26-8-5-4-6-9-26)37(35(40)34(31)39)17-7-16-36-18-21-41-22-19-36/h3-6,8-15,23,32,38H,1,7,16-22,24H2,2H3. The highest BCUT2D eigenvalue weighted by Crippen LogP contribution is 2.40. The zero-order chi connectivity index (χ0) is 30.2. The van der Waals surface area contributed by atoms with E-state index >= 15 is 0 Å². The van der Waals surface area contributed by atoms with Crippen LogP contribution in [0.4, 0.5) is 0 Å². The Labute approximate surface area is 252 Å². The van der Waals surface area contributed by atoms with Gasteiger partial charge in [0.25, 0.3) is 11.7 Å². The Morgan fingerprint density at radius 3 is 2.44 bits per heavy atom. The van der Waals surface area contributed by atoms with Gasteiger partial charge in [-0.15, -0.1) is 0 Å². The molecule has 0 saturated carbocycles. The molecule has 8 heteroatoms. The molecule has 0 aromatic heterocycles. The number of aryl methyl sites for hydroxylation is 1. The minimum absolute atomic E-state index is 0.0773. The number of hydrogen-bond donors (Lipinski definition) is 1. The van der Waals surface area contributed by atoms with Gasteiger partial charge in [-0.1, -0.05) is 55.1 Å². The van der Waals surface area contributed by atoms with Crippen molar-refractivity contribution in [1.29, 1.82) is 0 Å². The molecule has 1 unspecified atom stereocenters. The lowest BCUT2D eigenvalue weighted by molar-refractivity contribution is -0.140. The van der Waals surface area contributed by atoms with Crippen LogP contribution in [0.2, 0.25) is 0 Å². The number of carbonyl (C=O) groups excluding carboxylic acids is 2. The monoisotopic (exact) mass is 582 g/mol. The number of ketones is 1. The van der Waals surface area contributed by atoms with Crippen molar-refractivity contribution in [3.8, 4) is 11.5 Å². The summed E-state index contributed by atoms with van der Waals surface area (Å²) in [4.78, 5) is 30.8. The molecule has 1 amide bonds. The molecular weight excluding hydrogens is 544 g/mol. The van der Waals surface area contributed by atoms with Crippen molar-refractivity contribution in [3.05, 3.63) is 113 Å². The van der Waals surface area contributed by atoms with Gasteiger partial charge in [-0.2, -0.15) is 0 Å². The van der Waals surface area contributed by atoms with Gasteiger partial charge in [0, 0.05) is 31.7 Å². The topological polar surface area (TPSA) is 88.5 Å². The molecule has 3 aromatic rings. The van der Waals surface area contributed by atoms with Crippen molar-refractivity contribution >= 4 is 17.4 Å². The third-order valence-corrected chi connectivity index (χ3v) is 7.77. The van der Waals surface area contributed by atoms with E-state index in [1.54, 1.807) is 29.2 Å². The fourth-order valence-corrected chi connectivity index (χ4v) is 5.50. The number of ether oxygens (including phenoxy) is 3. The first kappa shape index (κ1) is 30.1. The molecule has 2 saturated heterocycles. The van der Waals surface area contributed by atoms with E-state index in [-0.39, 0.29) is 11.3 Å². The van der Waals surface area contributed by atoms with Crippen molar-refractivity contribution in [1.82, 2.24) is 9.80 Å². The number of likely N-dealkylation sites (tertiary alicyclic amines) is 1. The van der Waals surface area contributed by atoms with Gasteiger partial charge in [-0.3, -0.25) is 14.5 Å². The van der Waals surface area contributed by atoms with Crippen LogP contribution < -0.4 is 9.47 Å². The number of benzene rings is 3. The van der Waals surface area contributed by atoms with Crippen molar-refractivity contribution in [2.45, 2.75) is 26.0 Å². The predicted octanol–water partition coefficient (Wildman–Crippen LogP) is 5.28. The highest BCUT2D eigenvalue weighted by molar-refractivity contribution is 6.46. The average molecular weight is 583 g/mol. The van der Waals surface area contributed by atoms with Crippen LogP contribution in [0.3, 0.4) is 0 Å². The van der Waals surface area contributed by atoms with Gasteiger partial charge >= 0.3 is 0 Å². The molecule has 43 heavy (non-hydrogen) atoms. The Bertz CT molecular complexity index is 1460. The molecule has 8 nitrogen and oxygen atoms in total. The Balaban J connectivity index is 1.43. The quantitative estimate of drug-likeness (QED) is 0.135. The van der Waals surface area contributed by atoms with Crippen LogP contribution in [-0.2, 0) is 20.9 Å². The van der Waals surface area contributed by atoms with Gasteiger partial charge in [-0.05, 0) is 60.4 Å². The molecule has 224 valence electrons. The van der Waals surface area contributed by atoms with Crippen LogP contribution in [0, 0.1) is 6.92 Å². The summed E-state index contributed by atoms with van der Waals surface area (Å²) >= 11 is 0. The van der Waals surface area contributed by atoms with E-state index in [1.807, 2.05) is 61.5 Å². The van der Waals surface area contributed by atoms with E-state index in [4.69, 9.17) is 14.2 Å². The van der Waals surface area contributed by atoms with E-state index < -0.39 is 17.7 Å². The number of morpholine rings is 1. The molecule has 1 atom stereocenters. The van der Waals surface area contributed by atoms with Gasteiger partial charge in [0.05, 0.1) is 24.8 Å². The third kappa shape index (κ3) is 7.16. The summed E-state index contributed by atoms with van der Waals surface area (Å²) in [7, 11) is 0. The highest BCUT2D eigenvalue weighted by Gasteiger charge is 2.45. The fraction of sp³-hybridized carbons (Fsp3) is 0.314. The zero-order valence-electron chi connectivity index (χ0n) is 24.5. The van der Waals surface area contributed by atoms with Gasteiger partial charge in [0.15, 0.2) is 0 Å². The van der Waals surface area contributed by atoms with Gasteiger partial charge in [0.1, 0.15) is 30.5 Å². The zero-order valence-corrected chi connectivity index (χ0v) is 24.5. The summed E-state index contributed by atoms with van der Waals surface area (Å²) in [6.45, 7) is 10.6. The van der Waals surface area contributed by atoms with E-state index in [2.05, 4.69) is 11.5 Å². The smallest absolute Gasteiger partial charge is 0.295 e. The van der Waals surface area contributed by atoms with Gasteiger partial charge in [0.2, 0.25) is 0 Å². The molecule has 0 aliphatic carbocycles. The summed E-state index contributed by atoms with van der Waals surface area (Å²) in [6.07, 6.45) is 2.35. The number of Topliss-reactive ketones (excluding diaryl/α,β-unsaturated/α-hetero) is 1. The molecule has 5 rings (SSSR count). The molecule has 0 bridgehead atoms.